The number of aromatic nitrogens is 1. The SMILES string of the molecule is Cc1cc(/C=C(\C#N)C(=O)OCc2cccc(C#N)c2)c(C)n1CCC(C)C. The van der Waals surface area contributed by atoms with Crippen molar-refractivity contribution in [2.24, 2.45) is 5.92 Å². The maximum Gasteiger partial charge on any atom is 0.349 e. The van der Waals surface area contributed by atoms with Crippen LogP contribution in [0.25, 0.3) is 6.08 Å². The van der Waals surface area contributed by atoms with Gasteiger partial charge in [-0.1, -0.05) is 26.0 Å². The summed E-state index contributed by atoms with van der Waals surface area (Å²) < 4.78 is 7.47. The minimum Gasteiger partial charge on any atom is -0.457 e. The highest BCUT2D eigenvalue weighted by atomic mass is 16.5. The van der Waals surface area contributed by atoms with Gasteiger partial charge in [0.05, 0.1) is 11.6 Å². The molecule has 1 aromatic carbocycles. The molecule has 0 fully saturated rings. The lowest BCUT2D eigenvalue weighted by molar-refractivity contribution is -0.139. The van der Waals surface area contributed by atoms with Gasteiger partial charge in [-0.3, -0.25) is 0 Å². The minimum atomic E-state index is -0.670. The standard InChI is InChI=1S/C23H25N3O2/c1-16(2)8-9-26-17(3)10-21(18(26)4)12-22(14-25)23(27)28-15-20-7-5-6-19(11-20)13-24/h5-7,10-12,16H,8-9,15H2,1-4H3/b22-12+. The molecule has 1 heterocycles. The molecule has 0 bridgehead atoms. The van der Waals surface area contributed by atoms with Gasteiger partial charge in [0.2, 0.25) is 0 Å². The normalized spacial score (nSPS) is 11.2. The molecule has 5 heteroatoms. The maximum atomic E-state index is 12.3. The molecule has 0 unspecified atom stereocenters. The van der Waals surface area contributed by atoms with Crippen LogP contribution in [0.3, 0.4) is 0 Å². The quantitative estimate of drug-likeness (QED) is 0.400. The predicted octanol–water partition coefficient (Wildman–Crippen LogP) is 4.67. The highest BCUT2D eigenvalue weighted by molar-refractivity contribution is 5.98. The van der Waals surface area contributed by atoms with Crippen LogP contribution < -0.4 is 0 Å². The Morgan fingerprint density at radius 3 is 2.64 bits per heavy atom. The summed E-state index contributed by atoms with van der Waals surface area (Å²) in [5, 5.41) is 18.3. The first kappa shape index (κ1) is 21.0. The summed E-state index contributed by atoms with van der Waals surface area (Å²) in [6, 6.07) is 12.8. The summed E-state index contributed by atoms with van der Waals surface area (Å²) >= 11 is 0. The van der Waals surface area contributed by atoms with E-state index in [-0.39, 0.29) is 12.2 Å². The molecular weight excluding hydrogens is 350 g/mol. The molecule has 5 nitrogen and oxygen atoms in total. The number of benzene rings is 1. The molecule has 0 saturated heterocycles. The average molecular weight is 375 g/mol. The number of esters is 1. The summed E-state index contributed by atoms with van der Waals surface area (Å²) in [6.07, 6.45) is 2.65. The molecule has 0 saturated carbocycles. The Bertz CT molecular complexity index is 969. The number of carbonyl (C=O) groups is 1. The summed E-state index contributed by atoms with van der Waals surface area (Å²) in [5.41, 5.74) is 4.14. The molecule has 144 valence electrons. The highest BCUT2D eigenvalue weighted by Crippen LogP contribution is 2.20. The van der Waals surface area contributed by atoms with E-state index in [9.17, 15) is 10.1 Å². The molecule has 0 atom stereocenters. The van der Waals surface area contributed by atoms with Crippen molar-refractivity contribution in [3.63, 3.8) is 0 Å². The van der Waals surface area contributed by atoms with Crippen LogP contribution >= 0.6 is 0 Å². The number of carbonyl (C=O) groups excluding carboxylic acids is 1. The molecule has 0 aliphatic rings. The van der Waals surface area contributed by atoms with E-state index in [4.69, 9.17) is 10.00 Å². The fourth-order valence-electron chi connectivity index (χ4n) is 2.95. The fourth-order valence-corrected chi connectivity index (χ4v) is 2.95. The number of ether oxygens (including phenoxy) is 1. The van der Waals surface area contributed by atoms with Gasteiger partial charge in [-0.05, 0) is 61.6 Å². The predicted molar refractivity (Wildman–Crippen MR) is 108 cm³/mol. The van der Waals surface area contributed by atoms with Crippen molar-refractivity contribution in [3.05, 3.63) is 64.0 Å². The molecule has 0 amide bonds. The smallest absolute Gasteiger partial charge is 0.349 e. The van der Waals surface area contributed by atoms with Crippen LogP contribution in [0.5, 0.6) is 0 Å². The molecule has 2 aromatic rings. The summed E-state index contributed by atoms with van der Waals surface area (Å²) in [7, 11) is 0. The second-order valence-electron chi connectivity index (χ2n) is 7.22. The molecule has 28 heavy (non-hydrogen) atoms. The van der Waals surface area contributed by atoms with Crippen molar-refractivity contribution in [1.29, 1.82) is 10.5 Å². The van der Waals surface area contributed by atoms with Crippen LogP contribution in [0.2, 0.25) is 0 Å². The topological polar surface area (TPSA) is 78.8 Å². The Morgan fingerprint density at radius 1 is 1.25 bits per heavy atom. The lowest BCUT2D eigenvalue weighted by atomic mass is 10.1. The second-order valence-corrected chi connectivity index (χ2v) is 7.22. The van der Waals surface area contributed by atoms with E-state index in [0.717, 1.165) is 29.9 Å². The van der Waals surface area contributed by atoms with Crippen molar-refractivity contribution in [3.8, 4) is 12.1 Å². The van der Waals surface area contributed by atoms with Gasteiger partial charge in [-0.2, -0.15) is 10.5 Å². The van der Waals surface area contributed by atoms with Gasteiger partial charge in [-0.15, -0.1) is 0 Å². The van der Waals surface area contributed by atoms with E-state index in [1.54, 1.807) is 30.3 Å². The Hall–Kier alpha value is -3.31. The second kappa shape index (κ2) is 9.58. The van der Waals surface area contributed by atoms with Crippen molar-refractivity contribution in [2.45, 2.75) is 47.3 Å². The van der Waals surface area contributed by atoms with Crippen LogP contribution in [0.1, 0.15) is 48.3 Å². The van der Waals surface area contributed by atoms with Gasteiger partial charge >= 0.3 is 5.97 Å². The van der Waals surface area contributed by atoms with Gasteiger partial charge < -0.3 is 9.30 Å². The molecule has 0 aliphatic carbocycles. The van der Waals surface area contributed by atoms with Crippen LogP contribution in [0, 0.1) is 42.4 Å². The first-order chi connectivity index (χ1) is 13.3. The number of nitrogens with zero attached hydrogens (tertiary/aromatic N) is 3. The Morgan fingerprint density at radius 2 is 2.00 bits per heavy atom. The number of hydrogen-bond donors (Lipinski definition) is 0. The number of hydrogen-bond acceptors (Lipinski definition) is 4. The van der Waals surface area contributed by atoms with Crippen molar-refractivity contribution in [2.75, 3.05) is 0 Å². The first-order valence-corrected chi connectivity index (χ1v) is 9.30. The number of rotatable bonds is 7. The summed E-state index contributed by atoms with van der Waals surface area (Å²) in [6.45, 7) is 9.31. The first-order valence-electron chi connectivity index (χ1n) is 9.30. The molecule has 2 rings (SSSR count). The van der Waals surface area contributed by atoms with Gasteiger partial charge in [-0.25, -0.2) is 4.79 Å². The monoisotopic (exact) mass is 375 g/mol. The summed E-state index contributed by atoms with van der Waals surface area (Å²) in [5.74, 6) is -0.0683. The molecular formula is C23H25N3O2. The van der Waals surface area contributed by atoms with Crippen LogP contribution in [-0.2, 0) is 22.7 Å². The van der Waals surface area contributed by atoms with E-state index in [1.165, 1.54) is 0 Å². The number of nitriles is 2. The van der Waals surface area contributed by atoms with E-state index in [1.807, 2.05) is 32.1 Å². The van der Waals surface area contributed by atoms with Crippen LogP contribution in [0.15, 0.2) is 35.9 Å². The molecule has 0 spiro atoms. The van der Waals surface area contributed by atoms with E-state index in [0.29, 0.717) is 17.0 Å². The average Bonchev–Trinajstić information content (AvgIpc) is 2.95. The van der Waals surface area contributed by atoms with Gasteiger partial charge in [0.25, 0.3) is 0 Å². The minimum absolute atomic E-state index is 0.0147. The molecule has 0 N–H and O–H groups in total. The third kappa shape index (κ3) is 5.34. The largest absolute Gasteiger partial charge is 0.457 e. The van der Waals surface area contributed by atoms with Gasteiger partial charge in [0.1, 0.15) is 18.2 Å². The third-order valence-electron chi connectivity index (χ3n) is 4.61. The molecule has 0 aliphatic heterocycles. The maximum absolute atomic E-state index is 12.3. The third-order valence-corrected chi connectivity index (χ3v) is 4.61. The summed E-state index contributed by atoms with van der Waals surface area (Å²) in [4.78, 5) is 12.3. The molecule has 0 radical (unpaired) electrons. The van der Waals surface area contributed by atoms with E-state index >= 15 is 0 Å². The van der Waals surface area contributed by atoms with Crippen molar-refractivity contribution >= 4 is 12.0 Å². The van der Waals surface area contributed by atoms with E-state index in [2.05, 4.69) is 18.4 Å². The van der Waals surface area contributed by atoms with E-state index < -0.39 is 5.97 Å². The zero-order valence-electron chi connectivity index (χ0n) is 16.8. The molecule has 1 aromatic heterocycles. The lowest BCUT2D eigenvalue weighted by Gasteiger charge is -2.11. The fraction of sp³-hybridized carbons (Fsp3) is 0.348. The Kier molecular flexibility index (Phi) is 7.18. The Balaban J connectivity index is 2.14. The van der Waals surface area contributed by atoms with Gasteiger partial charge in [0, 0.05) is 17.9 Å². The zero-order chi connectivity index (χ0) is 20.7. The lowest BCUT2D eigenvalue weighted by Crippen LogP contribution is -2.07. The highest BCUT2D eigenvalue weighted by Gasteiger charge is 2.14. The van der Waals surface area contributed by atoms with Crippen molar-refractivity contribution < 1.29 is 9.53 Å². The Labute approximate surface area is 166 Å². The van der Waals surface area contributed by atoms with Crippen LogP contribution in [-0.4, -0.2) is 10.5 Å². The van der Waals surface area contributed by atoms with Crippen LogP contribution in [0.4, 0.5) is 0 Å². The zero-order valence-corrected chi connectivity index (χ0v) is 16.8. The van der Waals surface area contributed by atoms with Gasteiger partial charge in [0.15, 0.2) is 0 Å². The van der Waals surface area contributed by atoms with Crippen molar-refractivity contribution in [1.82, 2.24) is 4.57 Å². The number of aryl methyl sites for hydroxylation is 1.